The lowest BCUT2D eigenvalue weighted by Gasteiger charge is -2.25. The molecular weight excluding hydrogens is 406 g/mol. The maximum atomic E-state index is 12.8. The quantitative estimate of drug-likeness (QED) is 0.339. The van der Waals surface area contributed by atoms with E-state index in [0.29, 0.717) is 23.9 Å². The van der Waals surface area contributed by atoms with E-state index < -0.39 is 0 Å². The van der Waals surface area contributed by atoms with Crippen molar-refractivity contribution in [3.05, 3.63) is 59.9 Å². The Balaban J connectivity index is 1.57. The average molecular weight is 434 g/mol. The van der Waals surface area contributed by atoms with E-state index in [1.807, 2.05) is 35.8 Å². The molecular formula is C24H27N5OS. The van der Waals surface area contributed by atoms with Crippen LogP contribution < -0.4 is 0 Å². The van der Waals surface area contributed by atoms with E-state index in [-0.39, 0.29) is 5.78 Å². The van der Waals surface area contributed by atoms with Crippen LogP contribution in [0.15, 0.2) is 54.2 Å². The standard InChI is InChI=1S/C24H27N5OS/c1-4-28(5-2)17(3)11-12-22(30)20-9-6-8-19(26-20)18-16-25-29-14-13-21(27-24(18)29)23-10-7-15-31-23/h6-10,13-17H,4-5,11-12H2,1-3H3/t17-/m0/s1. The van der Waals surface area contributed by atoms with Gasteiger partial charge in [-0.25, -0.2) is 14.5 Å². The zero-order chi connectivity index (χ0) is 21.8. The highest BCUT2D eigenvalue weighted by atomic mass is 32.1. The zero-order valence-corrected chi connectivity index (χ0v) is 19.0. The van der Waals surface area contributed by atoms with Crippen molar-refractivity contribution in [2.24, 2.45) is 0 Å². The largest absolute Gasteiger partial charge is 0.301 e. The summed E-state index contributed by atoms with van der Waals surface area (Å²) in [6.45, 7) is 8.48. The maximum absolute atomic E-state index is 12.8. The number of thiophene rings is 1. The molecule has 0 spiro atoms. The van der Waals surface area contributed by atoms with Crippen molar-refractivity contribution in [1.29, 1.82) is 0 Å². The van der Waals surface area contributed by atoms with Crippen LogP contribution in [0.25, 0.3) is 27.5 Å². The van der Waals surface area contributed by atoms with E-state index in [0.717, 1.165) is 41.3 Å². The average Bonchev–Trinajstić information content (AvgIpc) is 3.48. The Kier molecular flexibility index (Phi) is 6.53. The smallest absolute Gasteiger partial charge is 0.181 e. The van der Waals surface area contributed by atoms with Gasteiger partial charge in [-0.15, -0.1) is 11.3 Å². The number of aromatic nitrogens is 4. The second-order valence-corrected chi connectivity index (χ2v) is 8.50. The van der Waals surface area contributed by atoms with Gasteiger partial charge in [-0.1, -0.05) is 26.0 Å². The van der Waals surface area contributed by atoms with Crippen LogP contribution in [0, 0.1) is 0 Å². The van der Waals surface area contributed by atoms with Gasteiger partial charge in [-0.05, 0) is 56.1 Å². The molecule has 0 aliphatic rings. The van der Waals surface area contributed by atoms with Crippen molar-refractivity contribution in [2.45, 2.75) is 39.7 Å². The number of pyridine rings is 1. The van der Waals surface area contributed by atoms with Gasteiger partial charge in [-0.2, -0.15) is 5.10 Å². The second kappa shape index (κ2) is 9.49. The SMILES string of the molecule is CCN(CC)[C@@H](C)CCC(=O)c1cccc(-c2cnn3ccc(-c4cccs4)nc23)n1. The van der Waals surface area contributed by atoms with Gasteiger partial charge < -0.3 is 4.90 Å². The summed E-state index contributed by atoms with van der Waals surface area (Å²) in [5.41, 5.74) is 3.68. The molecule has 4 aromatic heterocycles. The Morgan fingerprint density at radius 1 is 1.10 bits per heavy atom. The third-order valence-electron chi connectivity index (χ3n) is 5.68. The van der Waals surface area contributed by atoms with Crippen LogP contribution in [-0.4, -0.2) is 49.4 Å². The van der Waals surface area contributed by atoms with Crippen LogP contribution in [0.1, 0.15) is 44.1 Å². The molecule has 0 N–H and O–H groups in total. The Hall–Kier alpha value is -2.90. The number of hydrogen-bond acceptors (Lipinski definition) is 6. The van der Waals surface area contributed by atoms with Crippen LogP contribution in [-0.2, 0) is 0 Å². The molecule has 1 atom stereocenters. The first-order valence-electron chi connectivity index (χ1n) is 10.7. The Morgan fingerprint density at radius 3 is 2.68 bits per heavy atom. The molecule has 0 amide bonds. The van der Waals surface area contributed by atoms with E-state index in [2.05, 4.69) is 41.8 Å². The Morgan fingerprint density at radius 2 is 1.94 bits per heavy atom. The molecule has 0 fully saturated rings. The van der Waals surface area contributed by atoms with E-state index >= 15 is 0 Å². The summed E-state index contributed by atoms with van der Waals surface area (Å²) in [4.78, 5) is 25.8. The van der Waals surface area contributed by atoms with Gasteiger partial charge in [0.05, 0.1) is 28.0 Å². The number of Topliss-reactive ketones (excluding diaryl/α,β-unsaturated/α-hetero) is 1. The van der Waals surface area contributed by atoms with Crippen molar-refractivity contribution >= 4 is 22.8 Å². The predicted molar refractivity (Wildman–Crippen MR) is 125 cm³/mol. The third-order valence-corrected chi connectivity index (χ3v) is 6.57. The molecule has 0 aliphatic heterocycles. The number of carbonyl (C=O) groups is 1. The van der Waals surface area contributed by atoms with Gasteiger partial charge >= 0.3 is 0 Å². The van der Waals surface area contributed by atoms with Crippen molar-refractivity contribution in [1.82, 2.24) is 24.5 Å². The third kappa shape index (κ3) is 4.57. The van der Waals surface area contributed by atoms with Gasteiger partial charge in [0.1, 0.15) is 5.69 Å². The van der Waals surface area contributed by atoms with E-state index in [4.69, 9.17) is 4.98 Å². The van der Waals surface area contributed by atoms with Crippen molar-refractivity contribution in [3.8, 4) is 21.8 Å². The first kappa shape index (κ1) is 21.3. The first-order valence-corrected chi connectivity index (χ1v) is 11.6. The molecule has 0 aromatic carbocycles. The number of nitrogens with zero attached hydrogens (tertiary/aromatic N) is 5. The molecule has 4 rings (SSSR count). The minimum Gasteiger partial charge on any atom is -0.301 e. The summed E-state index contributed by atoms with van der Waals surface area (Å²) in [5.74, 6) is 0.0737. The van der Waals surface area contributed by atoms with E-state index in [1.54, 1.807) is 28.1 Å². The Labute approximate surface area is 186 Å². The molecule has 4 aromatic rings. The predicted octanol–water partition coefficient (Wildman–Crippen LogP) is 5.21. The summed E-state index contributed by atoms with van der Waals surface area (Å²) in [7, 11) is 0. The molecule has 0 aliphatic carbocycles. The lowest BCUT2D eigenvalue weighted by Crippen LogP contribution is -2.33. The van der Waals surface area contributed by atoms with Crippen LogP contribution >= 0.6 is 11.3 Å². The lowest BCUT2D eigenvalue weighted by atomic mass is 10.1. The lowest BCUT2D eigenvalue weighted by molar-refractivity contribution is 0.0959. The summed E-state index contributed by atoms with van der Waals surface area (Å²) in [5, 5.41) is 6.45. The second-order valence-electron chi connectivity index (χ2n) is 7.56. The fourth-order valence-electron chi connectivity index (χ4n) is 3.85. The van der Waals surface area contributed by atoms with Crippen LogP contribution in [0.5, 0.6) is 0 Å². The van der Waals surface area contributed by atoms with Gasteiger partial charge in [0, 0.05) is 18.7 Å². The maximum Gasteiger partial charge on any atom is 0.181 e. The topological polar surface area (TPSA) is 63.4 Å². The Bertz CT molecular complexity index is 1160. The van der Waals surface area contributed by atoms with Crippen molar-refractivity contribution in [2.75, 3.05) is 13.1 Å². The minimum absolute atomic E-state index is 0.0737. The molecule has 0 radical (unpaired) electrons. The zero-order valence-electron chi connectivity index (χ0n) is 18.2. The number of hydrogen-bond donors (Lipinski definition) is 0. The molecule has 0 saturated carbocycles. The highest BCUT2D eigenvalue weighted by molar-refractivity contribution is 7.13. The highest BCUT2D eigenvalue weighted by Crippen LogP contribution is 2.27. The number of ketones is 1. The van der Waals surface area contributed by atoms with E-state index in [9.17, 15) is 4.79 Å². The number of carbonyl (C=O) groups excluding carboxylic acids is 1. The normalized spacial score (nSPS) is 12.5. The minimum atomic E-state index is 0.0737. The summed E-state index contributed by atoms with van der Waals surface area (Å²) >= 11 is 1.65. The first-order chi connectivity index (χ1) is 15.1. The number of fused-ring (bicyclic) bond motifs is 1. The fourth-order valence-corrected chi connectivity index (χ4v) is 4.54. The summed E-state index contributed by atoms with van der Waals surface area (Å²) in [6, 6.07) is 12.0. The van der Waals surface area contributed by atoms with Crippen LogP contribution in [0.3, 0.4) is 0 Å². The molecule has 0 saturated heterocycles. The van der Waals surface area contributed by atoms with Gasteiger partial charge in [0.15, 0.2) is 11.4 Å². The highest BCUT2D eigenvalue weighted by Gasteiger charge is 2.16. The van der Waals surface area contributed by atoms with Gasteiger partial charge in [0.25, 0.3) is 0 Å². The molecule has 0 bridgehead atoms. The molecule has 6 nitrogen and oxygen atoms in total. The number of rotatable bonds is 9. The van der Waals surface area contributed by atoms with Gasteiger partial charge in [-0.3, -0.25) is 4.79 Å². The molecule has 7 heteroatoms. The van der Waals surface area contributed by atoms with Crippen molar-refractivity contribution in [3.63, 3.8) is 0 Å². The summed E-state index contributed by atoms with van der Waals surface area (Å²) < 4.78 is 1.74. The van der Waals surface area contributed by atoms with Crippen LogP contribution in [0.4, 0.5) is 0 Å². The molecule has 31 heavy (non-hydrogen) atoms. The molecule has 0 unspecified atom stereocenters. The fraction of sp³-hybridized carbons (Fsp3) is 0.333. The van der Waals surface area contributed by atoms with Crippen LogP contribution in [0.2, 0.25) is 0 Å². The monoisotopic (exact) mass is 433 g/mol. The molecule has 160 valence electrons. The van der Waals surface area contributed by atoms with E-state index in [1.165, 1.54) is 0 Å². The van der Waals surface area contributed by atoms with Crippen molar-refractivity contribution < 1.29 is 4.79 Å². The molecule has 4 heterocycles. The summed E-state index contributed by atoms with van der Waals surface area (Å²) in [6.07, 6.45) is 4.99. The van der Waals surface area contributed by atoms with Gasteiger partial charge in [0.2, 0.25) is 0 Å².